The van der Waals surface area contributed by atoms with E-state index >= 15 is 0 Å². The molecule has 0 bridgehead atoms. The van der Waals surface area contributed by atoms with Crippen LogP contribution in [-0.4, -0.2) is 32.9 Å². The van der Waals surface area contributed by atoms with Crippen LogP contribution in [0.4, 0.5) is 0 Å². The summed E-state index contributed by atoms with van der Waals surface area (Å²) in [5, 5.41) is 11.9. The van der Waals surface area contributed by atoms with E-state index < -0.39 is 5.54 Å². The van der Waals surface area contributed by atoms with Crippen molar-refractivity contribution < 1.29 is 9.21 Å². The largest absolute Gasteiger partial charge is 0.416 e. The van der Waals surface area contributed by atoms with Gasteiger partial charge in [-0.15, -0.1) is 10.2 Å². The van der Waals surface area contributed by atoms with E-state index in [1.165, 1.54) is 11.8 Å². The first-order valence-electron chi connectivity index (χ1n) is 6.46. The molecule has 1 amide bonds. The lowest BCUT2D eigenvalue weighted by atomic mass is 9.96. The average Bonchev–Trinajstić information content (AvgIpc) is 2.87. The molecule has 1 aromatic heterocycles. The third-order valence-electron chi connectivity index (χ3n) is 3.28. The van der Waals surface area contributed by atoms with Gasteiger partial charge in [0, 0.05) is 18.2 Å². The number of carbonyl (C=O) groups is 1. The van der Waals surface area contributed by atoms with Gasteiger partial charge in [-0.2, -0.15) is 0 Å². The van der Waals surface area contributed by atoms with Gasteiger partial charge in [-0.25, -0.2) is 0 Å². The number of primary amides is 1. The van der Waals surface area contributed by atoms with E-state index in [0.29, 0.717) is 17.5 Å². The lowest BCUT2D eigenvalue weighted by Gasteiger charge is -2.29. The monoisotopic (exact) mass is 284 g/mol. The van der Waals surface area contributed by atoms with Crippen molar-refractivity contribution in [2.45, 2.75) is 62.1 Å². The van der Waals surface area contributed by atoms with Crippen LogP contribution in [0.1, 0.15) is 39.0 Å². The van der Waals surface area contributed by atoms with Crippen molar-refractivity contribution in [1.29, 1.82) is 0 Å². The quantitative estimate of drug-likeness (QED) is 0.845. The number of aromatic nitrogens is 2. The number of nitrogens with zero attached hydrogens (tertiary/aromatic N) is 2. The average molecular weight is 284 g/mol. The second kappa shape index (κ2) is 5.50. The van der Waals surface area contributed by atoms with E-state index in [9.17, 15) is 4.79 Å². The molecule has 1 fully saturated rings. The lowest BCUT2D eigenvalue weighted by Crippen LogP contribution is -2.56. The maximum absolute atomic E-state index is 11.8. The predicted molar refractivity (Wildman–Crippen MR) is 72.7 cm³/mol. The van der Waals surface area contributed by atoms with Gasteiger partial charge < -0.3 is 15.5 Å². The molecule has 1 aliphatic rings. The fraction of sp³-hybridized carbons (Fsp3) is 0.750. The molecular weight excluding hydrogens is 264 g/mol. The molecule has 1 aromatic rings. The minimum absolute atomic E-state index is 0.224. The predicted octanol–water partition coefficient (Wildman–Crippen LogP) is 1.24. The van der Waals surface area contributed by atoms with Crippen molar-refractivity contribution in [2.24, 2.45) is 5.73 Å². The van der Waals surface area contributed by atoms with Gasteiger partial charge in [0.15, 0.2) is 0 Å². The first-order valence-corrected chi connectivity index (χ1v) is 7.33. The van der Waals surface area contributed by atoms with Crippen molar-refractivity contribution >= 4 is 17.7 Å². The smallest absolute Gasteiger partial charge is 0.276 e. The number of carbonyl (C=O) groups excluding carboxylic acids is 1. The van der Waals surface area contributed by atoms with E-state index in [1.54, 1.807) is 6.92 Å². The normalized spacial score (nSPS) is 27.1. The molecule has 0 aromatic carbocycles. The zero-order chi connectivity index (χ0) is 14.0. The van der Waals surface area contributed by atoms with Crippen molar-refractivity contribution in [2.75, 3.05) is 0 Å². The van der Waals surface area contributed by atoms with Gasteiger partial charge in [-0.05, 0) is 33.1 Å². The second-order valence-corrected chi connectivity index (χ2v) is 6.57. The van der Waals surface area contributed by atoms with E-state index in [-0.39, 0.29) is 17.2 Å². The van der Waals surface area contributed by atoms with Crippen LogP contribution in [0, 0.1) is 6.92 Å². The highest BCUT2D eigenvalue weighted by Crippen LogP contribution is 2.40. The molecule has 3 N–H and O–H groups in total. The Morgan fingerprint density at radius 1 is 1.58 bits per heavy atom. The molecule has 0 saturated heterocycles. The van der Waals surface area contributed by atoms with Gasteiger partial charge in [-0.1, -0.05) is 11.8 Å². The molecule has 1 aliphatic carbocycles. The fourth-order valence-corrected chi connectivity index (χ4v) is 3.69. The van der Waals surface area contributed by atoms with Gasteiger partial charge in [0.1, 0.15) is 0 Å². The first-order chi connectivity index (χ1) is 8.91. The molecular formula is C12H20N4O2S. The highest BCUT2D eigenvalue weighted by atomic mass is 32.2. The third kappa shape index (κ3) is 3.27. The maximum Gasteiger partial charge on any atom is 0.276 e. The maximum atomic E-state index is 11.8. The summed E-state index contributed by atoms with van der Waals surface area (Å²) in [6.45, 7) is 5.80. The Labute approximate surface area is 116 Å². The molecule has 2 unspecified atom stereocenters. The Hall–Kier alpha value is -1.08. The lowest BCUT2D eigenvalue weighted by molar-refractivity contribution is -0.124. The number of aryl methyl sites for hydroxylation is 1. The minimum atomic E-state index is -0.596. The SMILES string of the molecule is Cc1nnc(SC2CCC(NC(C)C)(C(N)=O)C2)o1. The van der Waals surface area contributed by atoms with Crippen LogP contribution in [0.25, 0.3) is 0 Å². The third-order valence-corrected chi connectivity index (χ3v) is 4.38. The molecule has 0 spiro atoms. The summed E-state index contributed by atoms with van der Waals surface area (Å²) in [6.07, 6.45) is 2.37. The highest BCUT2D eigenvalue weighted by Gasteiger charge is 2.44. The van der Waals surface area contributed by atoms with E-state index in [0.717, 1.165) is 12.8 Å². The molecule has 1 saturated carbocycles. The summed E-state index contributed by atoms with van der Waals surface area (Å²) in [7, 11) is 0. The zero-order valence-corrected chi connectivity index (χ0v) is 12.3. The summed E-state index contributed by atoms with van der Waals surface area (Å²) >= 11 is 1.53. The molecule has 0 aliphatic heterocycles. The number of nitrogens with one attached hydrogen (secondary N) is 1. The van der Waals surface area contributed by atoms with E-state index in [2.05, 4.69) is 15.5 Å². The van der Waals surface area contributed by atoms with Crippen molar-refractivity contribution in [3.63, 3.8) is 0 Å². The summed E-state index contributed by atoms with van der Waals surface area (Å²) < 4.78 is 5.36. The summed E-state index contributed by atoms with van der Waals surface area (Å²) in [5.41, 5.74) is 4.98. The Morgan fingerprint density at radius 3 is 2.84 bits per heavy atom. The first kappa shape index (κ1) is 14.3. The van der Waals surface area contributed by atoms with Crippen LogP contribution in [-0.2, 0) is 4.79 Å². The van der Waals surface area contributed by atoms with Crippen molar-refractivity contribution in [1.82, 2.24) is 15.5 Å². The van der Waals surface area contributed by atoms with E-state index in [4.69, 9.17) is 10.2 Å². The number of amides is 1. The van der Waals surface area contributed by atoms with Gasteiger partial charge >= 0.3 is 0 Å². The second-order valence-electron chi connectivity index (χ2n) is 5.32. The van der Waals surface area contributed by atoms with E-state index in [1.807, 2.05) is 13.8 Å². The zero-order valence-electron chi connectivity index (χ0n) is 11.5. The molecule has 19 heavy (non-hydrogen) atoms. The van der Waals surface area contributed by atoms with Crippen molar-refractivity contribution in [3.8, 4) is 0 Å². The number of nitrogens with two attached hydrogens (primary N) is 1. The standard InChI is InChI=1S/C12H20N4O2S/c1-7(2)14-12(10(13)17)5-4-9(6-12)19-11-16-15-8(3)18-11/h7,9,14H,4-6H2,1-3H3,(H2,13,17). The summed E-state index contributed by atoms with van der Waals surface area (Å²) in [5.74, 6) is 0.285. The van der Waals surface area contributed by atoms with Crippen LogP contribution in [0.15, 0.2) is 9.64 Å². The van der Waals surface area contributed by atoms with Gasteiger partial charge in [-0.3, -0.25) is 4.79 Å². The highest BCUT2D eigenvalue weighted by molar-refractivity contribution is 7.99. The van der Waals surface area contributed by atoms with Crippen LogP contribution in [0.5, 0.6) is 0 Å². The van der Waals surface area contributed by atoms with Crippen molar-refractivity contribution in [3.05, 3.63) is 5.89 Å². The fourth-order valence-electron chi connectivity index (χ4n) is 2.55. The van der Waals surface area contributed by atoms with Crippen LogP contribution in [0.2, 0.25) is 0 Å². The molecule has 6 nitrogen and oxygen atoms in total. The summed E-state index contributed by atoms with van der Waals surface area (Å²) in [4.78, 5) is 11.8. The molecule has 0 radical (unpaired) electrons. The molecule has 1 heterocycles. The Kier molecular flexibility index (Phi) is 4.15. The number of hydrogen-bond donors (Lipinski definition) is 2. The van der Waals surface area contributed by atoms with Gasteiger partial charge in [0.05, 0.1) is 5.54 Å². The van der Waals surface area contributed by atoms with Crippen LogP contribution < -0.4 is 11.1 Å². The number of thioether (sulfide) groups is 1. The molecule has 7 heteroatoms. The molecule has 106 valence electrons. The molecule has 2 rings (SSSR count). The van der Waals surface area contributed by atoms with Gasteiger partial charge in [0.25, 0.3) is 5.22 Å². The van der Waals surface area contributed by atoms with Crippen LogP contribution >= 0.6 is 11.8 Å². The number of rotatable bonds is 5. The Balaban J connectivity index is 2.02. The topological polar surface area (TPSA) is 94.0 Å². The minimum Gasteiger partial charge on any atom is -0.416 e. The van der Waals surface area contributed by atoms with Crippen LogP contribution in [0.3, 0.4) is 0 Å². The number of hydrogen-bond acceptors (Lipinski definition) is 6. The Morgan fingerprint density at radius 2 is 2.32 bits per heavy atom. The molecule has 2 atom stereocenters. The van der Waals surface area contributed by atoms with Gasteiger partial charge in [0.2, 0.25) is 11.8 Å². The summed E-state index contributed by atoms with van der Waals surface area (Å²) in [6, 6.07) is 0.224. The Bertz CT molecular complexity index is 462.